The fraction of sp³-hybridized carbons (Fsp3) is 0.562. The van der Waals surface area contributed by atoms with Gasteiger partial charge in [0.25, 0.3) is 0 Å². The van der Waals surface area contributed by atoms with Gasteiger partial charge < -0.3 is 19.2 Å². The van der Waals surface area contributed by atoms with E-state index in [9.17, 15) is 8.42 Å². The van der Waals surface area contributed by atoms with Gasteiger partial charge in [0.15, 0.2) is 5.96 Å². The summed E-state index contributed by atoms with van der Waals surface area (Å²) in [6.07, 6.45) is 1.37. The Balaban J connectivity index is 1.53. The fourth-order valence-corrected chi connectivity index (χ4v) is 4.29. The maximum absolute atomic E-state index is 12.5. The van der Waals surface area contributed by atoms with Crippen molar-refractivity contribution in [3.8, 4) is 0 Å². The van der Waals surface area contributed by atoms with Crippen LogP contribution >= 0.6 is 0 Å². The van der Waals surface area contributed by atoms with Crippen LogP contribution in [0.4, 0.5) is 0 Å². The van der Waals surface area contributed by atoms with E-state index in [1.807, 2.05) is 18.7 Å². The topological polar surface area (TPSA) is 117 Å². The maximum atomic E-state index is 12.5. The van der Waals surface area contributed by atoms with E-state index in [2.05, 4.69) is 20.4 Å². The average molecular weight is 396 g/mol. The number of piperazine rings is 1. The second-order valence-corrected chi connectivity index (χ2v) is 8.25. The van der Waals surface area contributed by atoms with Crippen LogP contribution in [0.5, 0.6) is 0 Å². The van der Waals surface area contributed by atoms with Crippen molar-refractivity contribution in [1.82, 2.24) is 24.7 Å². The van der Waals surface area contributed by atoms with Crippen LogP contribution in [0.3, 0.4) is 0 Å². The molecule has 1 aliphatic rings. The number of hydrogen-bond donors (Lipinski definition) is 1. The van der Waals surface area contributed by atoms with Gasteiger partial charge in [0.2, 0.25) is 15.9 Å². The molecular weight excluding hydrogens is 372 g/mol. The lowest BCUT2D eigenvalue weighted by Gasteiger charge is -2.35. The molecule has 2 aromatic rings. The number of nitrogens with zero attached hydrogens (tertiary/aromatic N) is 5. The standard InChI is InChI=1S/C16H24N6O4S/c1-12-13(2)26-15(19-12)10-18-16(17-3)21-5-7-22(8-6-21)27(23,24)11-14-4-9-25-20-14/h4,9H,5-8,10-11H2,1-3H3,(H,17,18). The molecule has 10 nitrogen and oxygen atoms in total. The van der Waals surface area contributed by atoms with E-state index < -0.39 is 10.0 Å². The zero-order valence-electron chi connectivity index (χ0n) is 15.7. The maximum Gasteiger partial charge on any atom is 0.220 e. The van der Waals surface area contributed by atoms with Crippen molar-refractivity contribution in [1.29, 1.82) is 0 Å². The number of aryl methyl sites for hydroxylation is 2. The smallest absolute Gasteiger partial charge is 0.220 e. The van der Waals surface area contributed by atoms with Gasteiger partial charge in [0, 0.05) is 39.3 Å². The fourth-order valence-electron chi connectivity index (χ4n) is 2.87. The summed E-state index contributed by atoms with van der Waals surface area (Å²) in [6.45, 7) is 6.06. The first-order valence-electron chi connectivity index (χ1n) is 8.64. The molecule has 1 aliphatic heterocycles. The highest BCUT2D eigenvalue weighted by Gasteiger charge is 2.29. The third kappa shape index (κ3) is 4.66. The number of sulfonamides is 1. The summed E-state index contributed by atoms with van der Waals surface area (Å²) in [7, 11) is -1.72. The number of nitrogens with one attached hydrogen (secondary N) is 1. The monoisotopic (exact) mass is 396 g/mol. The normalized spacial score (nSPS) is 16.7. The molecule has 148 valence electrons. The highest BCUT2D eigenvalue weighted by Crippen LogP contribution is 2.13. The SMILES string of the molecule is CN=C(NCc1nc(C)c(C)o1)N1CCN(S(=O)(=O)Cc2ccon2)CC1. The van der Waals surface area contributed by atoms with Crippen LogP contribution in [0.2, 0.25) is 0 Å². The second-order valence-electron chi connectivity index (χ2n) is 6.28. The Morgan fingerprint density at radius 3 is 2.59 bits per heavy atom. The lowest BCUT2D eigenvalue weighted by atomic mass is 10.4. The van der Waals surface area contributed by atoms with Gasteiger partial charge in [0.05, 0.1) is 17.9 Å². The van der Waals surface area contributed by atoms with Crippen molar-refractivity contribution in [2.45, 2.75) is 26.1 Å². The Labute approximate surface area is 158 Å². The van der Waals surface area contributed by atoms with Crippen molar-refractivity contribution in [3.63, 3.8) is 0 Å². The Morgan fingerprint density at radius 2 is 2.04 bits per heavy atom. The Kier molecular flexibility index (Phi) is 5.80. The van der Waals surface area contributed by atoms with E-state index in [1.54, 1.807) is 13.1 Å². The molecule has 0 unspecified atom stereocenters. The summed E-state index contributed by atoms with van der Waals surface area (Å²) >= 11 is 0. The molecule has 11 heteroatoms. The minimum Gasteiger partial charge on any atom is -0.444 e. The molecule has 0 saturated carbocycles. The summed E-state index contributed by atoms with van der Waals surface area (Å²) < 4.78 is 36.7. The van der Waals surface area contributed by atoms with E-state index in [0.717, 1.165) is 11.5 Å². The van der Waals surface area contributed by atoms with Crippen LogP contribution in [0.1, 0.15) is 23.0 Å². The van der Waals surface area contributed by atoms with Crippen molar-refractivity contribution < 1.29 is 17.4 Å². The number of guanidine groups is 1. The molecule has 3 rings (SSSR count). The molecule has 27 heavy (non-hydrogen) atoms. The van der Waals surface area contributed by atoms with Crippen molar-refractivity contribution in [3.05, 3.63) is 35.4 Å². The van der Waals surface area contributed by atoms with Gasteiger partial charge in [-0.3, -0.25) is 4.99 Å². The number of rotatable bonds is 5. The van der Waals surface area contributed by atoms with E-state index >= 15 is 0 Å². The largest absolute Gasteiger partial charge is 0.444 e. The van der Waals surface area contributed by atoms with Gasteiger partial charge in [-0.1, -0.05) is 5.16 Å². The van der Waals surface area contributed by atoms with Crippen LogP contribution in [0, 0.1) is 13.8 Å². The van der Waals surface area contributed by atoms with Gasteiger partial charge in [-0.15, -0.1) is 0 Å². The lowest BCUT2D eigenvalue weighted by Crippen LogP contribution is -2.53. The van der Waals surface area contributed by atoms with Gasteiger partial charge >= 0.3 is 0 Å². The van der Waals surface area contributed by atoms with Crippen molar-refractivity contribution in [2.24, 2.45) is 4.99 Å². The zero-order valence-corrected chi connectivity index (χ0v) is 16.5. The van der Waals surface area contributed by atoms with Gasteiger partial charge in [-0.2, -0.15) is 4.31 Å². The predicted octanol–water partition coefficient (Wildman–Crippen LogP) is 0.502. The van der Waals surface area contributed by atoms with Crippen LogP contribution in [-0.2, 0) is 22.3 Å². The predicted molar refractivity (Wildman–Crippen MR) is 98.4 cm³/mol. The molecule has 0 bridgehead atoms. The molecule has 2 aromatic heterocycles. The number of oxazole rings is 1. The molecule has 0 amide bonds. The van der Waals surface area contributed by atoms with Crippen LogP contribution < -0.4 is 5.32 Å². The molecule has 1 N–H and O–H groups in total. The minimum absolute atomic E-state index is 0.153. The number of aliphatic imine (C=N–C) groups is 1. The summed E-state index contributed by atoms with van der Waals surface area (Å²) in [5, 5.41) is 6.89. The quantitative estimate of drug-likeness (QED) is 0.574. The van der Waals surface area contributed by atoms with Crippen molar-refractivity contribution >= 4 is 16.0 Å². The van der Waals surface area contributed by atoms with Crippen LogP contribution in [-0.4, -0.2) is 66.9 Å². The highest BCUT2D eigenvalue weighted by atomic mass is 32.2. The molecule has 3 heterocycles. The molecule has 0 spiro atoms. The zero-order chi connectivity index (χ0) is 19.4. The molecule has 0 atom stereocenters. The molecule has 0 radical (unpaired) electrons. The van der Waals surface area contributed by atoms with Crippen LogP contribution in [0.25, 0.3) is 0 Å². The van der Waals surface area contributed by atoms with Gasteiger partial charge in [0.1, 0.15) is 17.8 Å². The van der Waals surface area contributed by atoms with Gasteiger partial charge in [-0.05, 0) is 13.8 Å². The number of aromatic nitrogens is 2. The summed E-state index contributed by atoms with van der Waals surface area (Å²) in [5.74, 6) is 1.93. The Bertz CT molecular complexity index is 863. The third-order valence-corrected chi connectivity index (χ3v) is 6.25. The molecule has 1 saturated heterocycles. The number of hydrogen-bond acceptors (Lipinski definition) is 7. The summed E-state index contributed by atoms with van der Waals surface area (Å²) in [6, 6.07) is 1.56. The molecule has 0 aliphatic carbocycles. The molecule has 0 aromatic carbocycles. The van der Waals surface area contributed by atoms with E-state index in [4.69, 9.17) is 8.94 Å². The Morgan fingerprint density at radius 1 is 1.30 bits per heavy atom. The minimum atomic E-state index is -3.42. The third-order valence-electron chi connectivity index (χ3n) is 4.44. The summed E-state index contributed by atoms with van der Waals surface area (Å²) in [4.78, 5) is 10.6. The second kappa shape index (κ2) is 8.09. The Hall–Kier alpha value is -2.40. The first-order chi connectivity index (χ1) is 12.9. The van der Waals surface area contributed by atoms with E-state index in [0.29, 0.717) is 50.3 Å². The van der Waals surface area contributed by atoms with E-state index in [-0.39, 0.29) is 5.75 Å². The first-order valence-corrected chi connectivity index (χ1v) is 10.3. The molecule has 1 fully saturated rings. The van der Waals surface area contributed by atoms with E-state index in [1.165, 1.54) is 10.6 Å². The highest BCUT2D eigenvalue weighted by molar-refractivity contribution is 7.88. The first kappa shape index (κ1) is 19.4. The van der Waals surface area contributed by atoms with Crippen LogP contribution in [0.15, 0.2) is 26.3 Å². The molecular formula is C16H24N6O4S. The average Bonchev–Trinajstić information content (AvgIpc) is 3.25. The van der Waals surface area contributed by atoms with Crippen molar-refractivity contribution in [2.75, 3.05) is 33.2 Å². The summed E-state index contributed by atoms with van der Waals surface area (Å²) in [5.41, 5.74) is 1.28. The lowest BCUT2D eigenvalue weighted by molar-refractivity contribution is 0.259. The van der Waals surface area contributed by atoms with Gasteiger partial charge in [-0.25, -0.2) is 13.4 Å².